The number of benzene rings is 1. The molecule has 0 aliphatic heterocycles. The number of amides is 2. The Bertz CT molecular complexity index is 1640. The first-order valence-electron chi connectivity index (χ1n) is 15.1. The normalized spacial score (nSPS) is 16.2. The molecule has 4 aromatic rings. The molecule has 0 radical (unpaired) electrons. The van der Waals surface area contributed by atoms with Gasteiger partial charge >= 0.3 is 12.0 Å². The molecule has 0 saturated heterocycles. The first kappa shape index (κ1) is 30.7. The third-order valence-corrected chi connectivity index (χ3v) is 7.62. The fourth-order valence-electron chi connectivity index (χ4n) is 5.33. The van der Waals surface area contributed by atoms with Gasteiger partial charge in [0.25, 0.3) is 0 Å². The van der Waals surface area contributed by atoms with Gasteiger partial charge in [0.1, 0.15) is 17.7 Å². The average molecular weight is 601 g/mol. The van der Waals surface area contributed by atoms with E-state index in [-0.39, 0.29) is 35.8 Å². The van der Waals surface area contributed by atoms with E-state index < -0.39 is 12.0 Å². The van der Waals surface area contributed by atoms with Crippen LogP contribution in [-0.2, 0) is 10.2 Å². The predicted molar refractivity (Wildman–Crippen MR) is 167 cm³/mol. The highest BCUT2D eigenvalue weighted by Gasteiger charge is 2.30. The lowest BCUT2D eigenvalue weighted by molar-refractivity contribution is 0.0511. The van der Waals surface area contributed by atoms with Gasteiger partial charge in [-0.05, 0) is 56.9 Å². The minimum Gasteiger partial charge on any atom is -0.484 e. The molecule has 232 valence electrons. The van der Waals surface area contributed by atoms with Gasteiger partial charge in [0, 0.05) is 24.6 Å². The van der Waals surface area contributed by atoms with E-state index in [2.05, 4.69) is 49.5 Å². The Balaban J connectivity index is 1.33. The number of ether oxygens (including phenoxy) is 2. The van der Waals surface area contributed by atoms with Gasteiger partial charge in [-0.3, -0.25) is 9.72 Å². The van der Waals surface area contributed by atoms with Crippen molar-refractivity contribution in [3.63, 3.8) is 0 Å². The van der Waals surface area contributed by atoms with E-state index in [0.29, 0.717) is 24.3 Å². The highest BCUT2D eigenvalue weighted by atomic mass is 16.5. The number of carbonyl (C=O) groups is 2. The molecule has 2 N–H and O–H groups in total. The molecule has 3 heterocycles. The number of fused-ring (bicyclic) bond motifs is 2. The molecule has 2 amide bonds. The first-order valence-corrected chi connectivity index (χ1v) is 15.1. The summed E-state index contributed by atoms with van der Waals surface area (Å²) in [5, 5.41) is 14.6. The molecule has 0 saturated carbocycles. The summed E-state index contributed by atoms with van der Waals surface area (Å²) in [6.45, 7) is 13.7. The van der Waals surface area contributed by atoms with Crippen LogP contribution in [0.2, 0.25) is 0 Å². The van der Waals surface area contributed by atoms with Gasteiger partial charge in [0.15, 0.2) is 5.65 Å². The summed E-state index contributed by atoms with van der Waals surface area (Å²) in [6.07, 6.45) is 3.10. The van der Waals surface area contributed by atoms with Crippen molar-refractivity contribution in [2.45, 2.75) is 71.9 Å². The summed E-state index contributed by atoms with van der Waals surface area (Å²) in [5.41, 5.74) is 2.99. The second-order valence-corrected chi connectivity index (χ2v) is 11.7. The van der Waals surface area contributed by atoms with Crippen LogP contribution in [0.1, 0.15) is 94.0 Å². The van der Waals surface area contributed by atoms with E-state index in [0.717, 1.165) is 35.8 Å². The summed E-state index contributed by atoms with van der Waals surface area (Å²) in [6, 6.07) is 12.8. The van der Waals surface area contributed by atoms with Crippen molar-refractivity contribution in [1.29, 1.82) is 0 Å². The lowest BCUT2D eigenvalue weighted by Gasteiger charge is -2.32. The molecule has 3 aromatic heterocycles. The van der Waals surface area contributed by atoms with Crippen LogP contribution in [0.3, 0.4) is 0 Å². The average Bonchev–Trinajstić information content (AvgIpc) is 3.41. The van der Waals surface area contributed by atoms with Gasteiger partial charge in [0.05, 0.1) is 24.5 Å². The number of esters is 1. The van der Waals surface area contributed by atoms with Crippen molar-refractivity contribution >= 4 is 29.4 Å². The Morgan fingerprint density at radius 3 is 2.45 bits per heavy atom. The minimum atomic E-state index is -0.637. The number of rotatable bonds is 9. The van der Waals surface area contributed by atoms with Gasteiger partial charge in [0.2, 0.25) is 11.8 Å². The molecule has 1 aromatic carbocycles. The molecule has 12 heteroatoms. The fraction of sp³-hybridized carbons (Fsp3) is 0.438. The third kappa shape index (κ3) is 6.58. The first-order chi connectivity index (χ1) is 21.1. The molecule has 44 heavy (non-hydrogen) atoms. The van der Waals surface area contributed by atoms with Crippen molar-refractivity contribution < 1.29 is 19.1 Å². The lowest BCUT2D eigenvalue weighted by Crippen LogP contribution is -2.36. The highest BCUT2D eigenvalue weighted by molar-refractivity contribution is 5.90. The monoisotopic (exact) mass is 600 g/mol. The number of hydrogen-bond donors (Lipinski definition) is 2. The SMILES string of the molecule is CCOC(=O)c1nc(NC(=O)NC2CCC(Oc3ccc4nnc(N(CC)CC)n4c3)c3ccccc32)cc(C(C)(C)C)n1. The number of urea groups is 1. The summed E-state index contributed by atoms with van der Waals surface area (Å²) in [4.78, 5) is 36.4. The largest absolute Gasteiger partial charge is 0.484 e. The van der Waals surface area contributed by atoms with Crippen molar-refractivity contribution in [1.82, 2.24) is 29.9 Å². The molecule has 5 rings (SSSR count). The van der Waals surface area contributed by atoms with Crippen molar-refractivity contribution in [3.05, 3.63) is 71.3 Å². The number of aromatic nitrogens is 5. The van der Waals surface area contributed by atoms with Crippen molar-refractivity contribution in [2.24, 2.45) is 0 Å². The van der Waals surface area contributed by atoms with Crippen molar-refractivity contribution in [2.75, 3.05) is 29.9 Å². The Morgan fingerprint density at radius 1 is 1.00 bits per heavy atom. The number of hydrogen-bond acceptors (Lipinski definition) is 9. The van der Waals surface area contributed by atoms with Crippen LogP contribution in [0.4, 0.5) is 16.6 Å². The Hall–Kier alpha value is -4.74. The van der Waals surface area contributed by atoms with E-state index in [4.69, 9.17) is 9.47 Å². The molecule has 0 fully saturated rings. The van der Waals surface area contributed by atoms with Gasteiger partial charge in [-0.15, -0.1) is 10.2 Å². The summed E-state index contributed by atoms with van der Waals surface area (Å²) in [7, 11) is 0. The van der Waals surface area contributed by atoms with Crippen molar-refractivity contribution in [3.8, 4) is 5.75 Å². The zero-order valence-corrected chi connectivity index (χ0v) is 26.1. The smallest absolute Gasteiger partial charge is 0.376 e. The number of anilines is 2. The van der Waals surface area contributed by atoms with Crippen LogP contribution in [0.15, 0.2) is 48.7 Å². The molecule has 1 aliphatic rings. The summed E-state index contributed by atoms with van der Waals surface area (Å²) >= 11 is 0. The molecular formula is C32H40N8O4. The molecule has 12 nitrogen and oxygen atoms in total. The fourth-order valence-corrected chi connectivity index (χ4v) is 5.33. The second kappa shape index (κ2) is 12.9. The van der Waals surface area contributed by atoms with Gasteiger partial charge in [-0.25, -0.2) is 19.6 Å². The maximum Gasteiger partial charge on any atom is 0.376 e. The van der Waals surface area contributed by atoms with Crippen LogP contribution in [-0.4, -0.2) is 56.3 Å². The Morgan fingerprint density at radius 2 is 1.75 bits per heavy atom. The third-order valence-electron chi connectivity index (χ3n) is 7.62. The summed E-state index contributed by atoms with van der Waals surface area (Å²) < 4.78 is 13.6. The Kier molecular flexibility index (Phi) is 8.98. The molecule has 0 bridgehead atoms. The quantitative estimate of drug-likeness (QED) is 0.235. The van der Waals surface area contributed by atoms with Crippen LogP contribution in [0, 0.1) is 0 Å². The van der Waals surface area contributed by atoms with Crippen LogP contribution >= 0.6 is 0 Å². The Labute approximate surface area is 257 Å². The molecular weight excluding hydrogens is 560 g/mol. The topological polar surface area (TPSA) is 136 Å². The van der Waals surface area contributed by atoms with E-state index in [1.165, 1.54) is 0 Å². The van der Waals surface area contributed by atoms with Crippen LogP contribution < -0.4 is 20.3 Å². The van der Waals surface area contributed by atoms with Crippen LogP contribution in [0.5, 0.6) is 5.75 Å². The second-order valence-electron chi connectivity index (χ2n) is 11.7. The molecule has 0 spiro atoms. The van der Waals surface area contributed by atoms with E-state index >= 15 is 0 Å². The highest BCUT2D eigenvalue weighted by Crippen LogP contribution is 2.39. The zero-order valence-electron chi connectivity index (χ0n) is 26.1. The molecule has 2 unspecified atom stereocenters. The molecule has 2 atom stereocenters. The van der Waals surface area contributed by atoms with E-state index in [1.807, 2.05) is 67.8 Å². The van der Waals surface area contributed by atoms with Gasteiger partial charge in [-0.1, -0.05) is 45.0 Å². The number of pyridine rings is 1. The predicted octanol–water partition coefficient (Wildman–Crippen LogP) is 5.62. The zero-order chi connectivity index (χ0) is 31.4. The van der Waals surface area contributed by atoms with E-state index in [9.17, 15) is 9.59 Å². The maximum absolute atomic E-state index is 13.2. The summed E-state index contributed by atoms with van der Waals surface area (Å²) in [5.74, 6) is 0.991. The molecule has 1 aliphatic carbocycles. The number of carbonyl (C=O) groups excluding carboxylic acids is 2. The lowest BCUT2D eigenvalue weighted by atomic mass is 9.85. The maximum atomic E-state index is 13.2. The van der Waals surface area contributed by atoms with Gasteiger partial charge in [-0.2, -0.15) is 0 Å². The standard InChI is InChI=1S/C32H40N8O4/c1-7-39(8-2)31-38-37-27-17-14-20(19-40(27)31)44-24-16-15-23(21-12-10-11-13-22(21)24)33-30(42)36-26-18-25(32(4,5)6)34-28(35-26)29(41)43-9-3/h10-14,17-19,23-24H,7-9,15-16H2,1-6H3,(H2,33,34,35,36,42). The van der Waals surface area contributed by atoms with Gasteiger partial charge < -0.3 is 19.7 Å². The number of nitrogens with one attached hydrogen (secondary N) is 2. The number of nitrogens with zero attached hydrogens (tertiary/aromatic N) is 6. The van der Waals surface area contributed by atoms with Crippen LogP contribution in [0.25, 0.3) is 5.65 Å². The minimum absolute atomic E-state index is 0.0912. The van der Waals surface area contributed by atoms with E-state index in [1.54, 1.807) is 13.0 Å².